The summed E-state index contributed by atoms with van der Waals surface area (Å²) >= 11 is 0. The monoisotopic (exact) mass is 738 g/mol. The molecule has 0 spiro atoms. The predicted octanol–water partition coefficient (Wildman–Crippen LogP) is 14.3. The van der Waals surface area contributed by atoms with Crippen LogP contribution in [0, 0.1) is 41.4 Å². The molecule has 3 aliphatic carbocycles. The second kappa shape index (κ2) is 15.4. The Morgan fingerprint density at radius 1 is 0.469 bits per heavy atom. The van der Waals surface area contributed by atoms with Gasteiger partial charge in [0.05, 0.1) is 18.8 Å². The van der Waals surface area contributed by atoms with Crippen LogP contribution in [0.25, 0.3) is 0 Å². The van der Waals surface area contributed by atoms with E-state index in [4.69, 9.17) is 13.3 Å². The molecule has 0 aliphatic heterocycles. The van der Waals surface area contributed by atoms with Crippen molar-refractivity contribution in [3.8, 4) is 0 Å². The average Bonchev–Trinajstić information content (AvgIpc) is 3.92. The Morgan fingerprint density at radius 2 is 0.714 bits per heavy atom. The lowest BCUT2D eigenvalue weighted by atomic mass is 9.70. The van der Waals surface area contributed by atoms with E-state index in [1.54, 1.807) is 38.1 Å². The van der Waals surface area contributed by atoms with Gasteiger partial charge < -0.3 is 13.3 Å². The van der Waals surface area contributed by atoms with Gasteiger partial charge in [0.2, 0.25) is 0 Å². The van der Waals surface area contributed by atoms with Gasteiger partial charge in [-0.25, -0.2) is 0 Å². The number of hydrogen-bond acceptors (Lipinski definition) is 3. The van der Waals surface area contributed by atoms with Crippen LogP contribution in [0.2, 0.25) is 102 Å². The van der Waals surface area contributed by atoms with E-state index in [1.807, 2.05) is 36.4 Å². The number of furan rings is 3. The van der Waals surface area contributed by atoms with Crippen LogP contribution in [0.3, 0.4) is 0 Å². The van der Waals surface area contributed by atoms with E-state index in [0.29, 0.717) is 0 Å². The van der Waals surface area contributed by atoms with Crippen molar-refractivity contribution in [1.82, 2.24) is 0 Å². The molecule has 49 heavy (non-hydrogen) atoms. The topological polar surface area (TPSA) is 39.4 Å². The summed E-state index contributed by atoms with van der Waals surface area (Å²) in [7, 11) is -3.49. The minimum Gasteiger partial charge on any atom is -0.468 e. The maximum atomic E-state index is 5.42. The normalized spacial score (nSPS) is 27.6. The van der Waals surface area contributed by atoms with Gasteiger partial charge in [-0.15, -0.1) is 0 Å². The molecular formula is C42H74O3Si4. The smallest absolute Gasteiger partial charge is 0.133 e. The van der Waals surface area contributed by atoms with Gasteiger partial charge in [-0.3, -0.25) is 0 Å². The van der Waals surface area contributed by atoms with Crippen LogP contribution in [0.5, 0.6) is 0 Å². The minimum atomic E-state index is -0.961. The molecule has 3 saturated carbocycles. The van der Waals surface area contributed by atoms with E-state index < -0.39 is 32.3 Å². The molecule has 3 aromatic rings. The van der Waals surface area contributed by atoms with Crippen LogP contribution in [-0.2, 0) is 0 Å². The summed E-state index contributed by atoms with van der Waals surface area (Å²) in [6, 6.07) is 11.3. The Balaban J connectivity index is 0.000000215. The van der Waals surface area contributed by atoms with Gasteiger partial charge in [0.1, 0.15) is 23.2 Å². The van der Waals surface area contributed by atoms with Crippen molar-refractivity contribution < 1.29 is 13.3 Å². The molecule has 9 atom stereocenters. The Bertz CT molecular complexity index is 1220. The van der Waals surface area contributed by atoms with Crippen LogP contribution in [0.4, 0.5) is 0 Å². The molecule has 0 radical (unpaired) electrons. The van der Waals surface area contributed by atoms with E-state index in [9.17, 15) is 0 Å². The SMILES string of the molecule is C[C@@H](C([C@H](C)C1C[C@@H]1[Si](C)(C)C)[C@H](C)C1C[C@@H]1[Si](C)(C)C)C1C[C@@H]1[Si](C)(C)C.C[Si](C)(C)C.c1coc(C(c2ccco2)c2ccco2)c1. The number of hydrogen-bond donors (Lipinski definition) is 0. The van der Waals surface area contributed by atoms with Crippen molar-refractivity contribution in [2.75, 3.05) is 0 Å². The lowest BCUT2D eigenvalue weighted by molar-refractivity contribution is 0.128. The zero-order chi connectivity index (χ0) is 36.7. The van der Waals surface area contributed by atoms with Crippen molar-refractivity contribution in [3.63, 3.8) is 0 Å². The standard InChI is InChI=1S/C25H52Si3.C13H10O3.C4H12Si/c1-16(19-13-22(19)26(4,5)6)25(17(2)20-14-23(20)27(7,8)9)18(3)21-15-24(21)28(10,11)12;1-4-10(14-7-1)13(11-5-2-8-15-11)12-6-3-9-16-12;1-5(2,3)4/h16-25H,13-15H2,1-12H3;1-9,13H;1-4H3/t16-,17-,18-,19?,20?,21?,22+,23+,24+,25?;;/m1../s1. The van der Waals surface area contributed by atoms with Gasteiger partial charge in [-0.05, 0) is 114 Å². The van der Waals surface area contributed by atoms with E-state index in [2.05, 4.69) is 106 Å². The molecule has 0 aromatic carbocycles. The third-order valence-electron chi connectivity index (χ3n) is 12.2. The summed E-state index contributed by atoms with van der Waals surface area (Å²) in [6.45, 7) is 41.0. The molecule has 3 unspecified atom stereocenters. The Morgan fingerprint density at radius 3 is 0.878 bits per heavy atom. The molecule has 3 fully saturated rings. The highest BCUT2D eigenvalue weighted by Crippen LogP contribution is 2.66. The van der Waals surface area contributed by atoms with Crippen LogP contribution < -0.4 is 0 Å². The quantitative estimate of drug-likeness (QED) is 0.174. The fourth-order valence-electron chi connectivity index (χ4n) is 9.45. The highest BCUT2D eigenvalue weighted by atomic mass is 28.3. The average molecular weight is 739 g/mol. The van der Waals surface area contributed by atoms with Crippen molar-refractivity contribution in [1.29, 1.82) is 0 Å². The molecule has 0 N–H and O–H groups in total. The van der Waals surface area contributed by atoms with Gasteiger partial charge in [0.25, 0.3) is 0 Å². The van der Waals surface area contributed by atoms with Gasteiger partial charge in [-0.1, -0.05) is 106 Å². The molecule has 276 valence electrons. The fourth-order valence-corrected chi connectivity index (χ4v) is 17.2. The van der Waals surface area contributed by atoms with Crippen molar-refractivity contribution in [3.05, 3.63) is 72.5 Å². The summed E-state index contributed by atoms with van der Waals surface area (Å²) < 4.78 is 16.3. The highest BCUT2D eigenvalue weighted by molar-refractivity contribution is 6.79. The molecule has 0 bridgehead atoms. The molecule has 7 heteroatoms. The largest absolute Gasteiger partial charge is 0.468 e. The van der Waals surface area contributed by atoms with Gasteiger partial charge in [0, 0.05) is 32.3 Å². The minimum absolute atomic E-state index is 0.111. The maximum Gasteiger partial charge on any atom is 0.133 e. The number of rotatable bonds is 12. The van der Waals surface area contributed by atoms with E-state index in [0.717, 1.165) is 75.3 Å². The third kappa shape index (κ3) is 11.1. The van der Waals surface area contributed by atoms with Gasteiger partial charge in [0.15, 0.2) is 0 Å². The summed E-state index contributed by atoms with van der Waals surface area (Å²) in [5.41, 5.74) is 3.34. The zero-order valence-electron chi connectivity index (χ0n) is 34.4. The Hall–Kier alpha value is -1.29. The molecular weight excluding hydrogens is 665 g/mol. The first-order valence-corrected chi connectivity index (χ1v) is 34.3. The Kier molecular flexibility index (Phi) is 12.7. The first-order chi connectivity index (χ1) is 22.5. The first-order valence-electron chi connectivity index (χ1n) is 19.6. The van der Waals surface area contributed by atoms with E-state index >= 15 is 0 Å². The summed E-state index contributed by atoms with van der Waals surface area (Å²) in [5.74, 6) is 9.40. The Labute approximate surface area is 305 Å². The molecule has 0 amide bonds. The van der Waals surface area contributed by atoms with Crippen LogP contribution in [0.1, 0.15) is 63.2 Å². The van der Waals surface area contributed by atoms with E-state index in [1.165, 1.54) is 0 Å². The second-order valence-electron chi connectivity index (χ2n) is 21.3. The summed E-state index contributed by atoms with van der Waals surface area (Å²) in [6.07, 6.45) is 9.64. The maximum absolute atomic E-state index is 5.42. The predicted molar refractivity (Wildman–Crippen MR) is 223 cm³/mol. The van der Waals surface area contributed by atoms with Crippen molar-refractivity contribution >= 4 is 32.3 Å². The van der Waals surface area contributed by atoms with Gasteiger partial charge in [-0.2, -0.15) is 0 Å². The van der Waals surface area contributed by atoms with Gasteiger partial charge >= 0.3 is 0 Å². The molecule has 3 nitrogen and oxygen atoms in total. The van der Waals surface area contributed by atoms with Crippen molar-refractivity contribution in [2.45, 2.75) is 148 Å². The fraction of sp³-hybridized carbons (Fsp3) is 0.714. The van der Waals surface area contributed by atoms with Crippen LogP contribution in [0.15, 0.2) is 68.4 Å². The summed E-state index contributed by atoms with van der Waals surface area (Å²) in [4.78, 5) is 0. The lowest BCUT2D eigenvalue weighted by Gasteiger charge is -2.38. The highest BCUT2D eigenvalue weighted by Gasteiger charge is 2.58. The molecule has 0 saturated heterocycles. The second-order valence-corrected chi connectivity index (χ2v) is 43.7. The third-order valence-corrected chi connectivity index (χ3v) is 20.9. The zero-order valence-corrected chi connectivity index (χ0v) is 38.4. The van der Waals surface area contributed by atoms with Crippen molar-refractivity contribution in [2.24, 2.45) is 41.4 Å². The first kappa shape index (κ1) is 40.5. The van der Waals surface area contributed by atoms with E-state index in [-0.39, 0.29) is 5.92 Å². The lowest BCUT2D eigenvalue weighted by Crippen LogP contribution is -2.34. The molecule has 3 aliphatic rings. The molecule has 3 heterocycles. The molecule has 3 aromatic heterocycles. The van der Waals surface area contributed by atoms with Crippen LogP contribution in [-0.4, -0.2) is 32.3 Å². The van der Waals surface area contributed by atoms with Crippen LogP contribution >= 0.6 is 0 Å². The summed E-state index contributed by atoms with van der Waals surface area (Å²) in [5, 5.41) is 0. The molecule has 6 rings (SSSR count).